The number of methoxy groups -OCH3 is 4. The van der Waals surface area contributed by atoms with Crippen molar-refractivity contribution in [3.8, 4) is 23.0 Å². The van der Waals surface area contributed by atoms with Gasteiger partial charge in [-0.15, -0.1) is 0 Å². The van der Waals surface area contributed by atoms with Crippen molar-refractivity contribution in [3.05, 3.63) is 194 Å². The highest BCUT2D eigenvalue weighted by Gasteiger charge is 2.21. The average Bonchev–Trinajstić information content (AvgIpc) is 3.92. The van der Waals surface area contributed by atoms with Gasteiger partial charge in [-0.05, 0) is 167 Å². The lowest BCUT2D eigenvalue weighted by Crippen LogP contribution is -2.01. The summed E-state index contributed by atoms with van der Waals surface area (Å²) in [4.78, 5) is 22.1. The Balaban J connectivity index is 0.000000186. The molecule has 2 N–H and O–H groups in total. The first-order valence-corrected chi connectivity index (χ1v) is 20.9. The van der Waals surface area contributed by atoms with Crippen LogP contribution in [0.3, 0.4) is 0 Å². The molecule has 2 aliphatic rings. The zero-order valence-electron chi connectivity index (χ0n) is 35.7. The average molecular weight is 829 g/mol. The van der Waals surface area contributed by atoms with Crippen LogP contribution >= 0.6 is 0 Å². The van der Waals surface area contributed by atoms with E-state index in [1.807, 2.05) is 48.5 Å². The molecule has 62 heavy (non-hydrogen) atoms. The number of allylic oxidation sites excluding steroid dienone is 3. The van der Waals surface area contributed by atoms with Crippen LogP contribution in [0.25, 0.3) is 17.2 Å². The molecule has 0 fully saturated rings. The first-order chi connectivity index (χ1) is 30.1. The van der Waals surface area contributed by atoms with Gasteiger partial charge in [-0.2, -0.15) is 0 Å². The Bertz CT molecular complexity index is 2570. The zero-order chi connectivity index (χ0) is 43.6. The summed E-state index contributed by atoms with van der Waals surface area (Å²) in [5, 5.41) is 18.2. The lowest BCUT2D eigenvalue weighted by molar-refractivity contribution is 0.0686. The van der Waals surface area contributed by atoms with E-state index in [9.17, 15) is 9.59 Å². The molecule has 8 rings (SSSR count). The summed E-state index contributed by atoms with van der Waals surface area (Å²) in [5.74, 6) is 1.37. The van der Waals surface area contributed by atoms with E-state index in [1.54, 1.807) is 52.7 Å². The van der Waals surface area contributed by atoms with Crippen molar-refractivity contribution in [1.29, 1.82) is 0 Å². The quantitative estimate of drug-likeness (QED) is 0.105. The van der Waals surface area contributed by atoms with E-state index in [1.165, 1.54) is 44.5 Å². The summed E-state index contributed by atoms with van der Waals surface area (Å²) < 4.78 is 21.7. The number of carbonyl (C=O) groups is 2. The second-order valence-electron chi connectivity index (χ2n) is 15.6. The molecule has 316 valence electrons. The third kappa shape index (κ3) is 10.4. The first kappa shape index (κ1) is 43.0. The molecule has 6 aromatic rings. The fourth-order valence-electron chi connectivity index (χ4n) is 8.45. The van der Waals surface area contributed by atoms with Crippen LogP contribution in [0, 0.1) is 0 Å². The summed E-state index contributed by atoms with van der Waals surface area (Å²) >= 11 is 0. The molecule has 0 atom stereocenters. The number of hydrogen-bond donors (Lipinski definition) is 2. The van der Waals surface area contributed by atoms with Crippen LogP contribution in [0.4, 0.5) is 0 Å². The summed E-state index contributed by atoms with van der Waals surface area (Å²) in [5.41, 5.74) is 16.0. The van der Waals surface area contributed by atoms with E-state index in [4.69, 9.17) is 29.2 Å². The predicted octanol–water partition coefficient (Wildman–Crippen LogP) is 11.0. The van der Waals surface area contributed by atoms with Crippen molar-refractivity contribution in [2.24, 2.45) is 0 Å². The number of aryl methyl sites for hydroxylation is 5. The summed E-state index contributed by atoms with van der Waals surface area (Å²) in [6.45, 7) is 0. The second kappa shape index (κ2) is 20.0. The fraction of sp³-hybridized carbons (Fsp3) is 0.222. The van der Waals surface area contributed by atoms with Gasteiger partial charge in [0, 0.05) is 12.1 Å². The van der Waals surface area contributed by atoms with Gasteiger partial charge >= 0.3 is 11.9 Å². The smallest absolute Gasteiger partial charge is 0.335 e. The third-order valence-electron chi connectivity index (χ3n) is 11.6. The van der Waals surface area contributed by atoms with Crippen molar-refractivity contribution in [1.82, 2.24) is 0 Å². The molecule has 2 aliphatic carbocycles. The predicted molar refractivity (Wildman–Crippen MR) is 245 cm³/mol. The number of aromatic carboxylic acids is 2. The number of fused-ring (bicyclic) bond motifs is 2. The number of hydrogen-bond acceptors (Lipinski definition) is 6. The number of carboxylic acid groups (broad SMARTS) is 2. The minimum Gasteiger partial charge on any atom is -0.497 e. The monoisotopic (exact) mass is 828 g/mol. The molecule has 0 heterocycles. The van der Waals surface area contributed by atoms with Crippen LogP contribution in [-0.4, -0.2) is 50.6 Å². The molecule has 0 amide bonds. The van der Waals surface area contributed by atoms with Crippen molar-refractivity contribution in [2.75, 3.05) is 28.4 Å². The van der Waals surface area contributed by atoms with Gasteiger partial charge in [-0.3, -0.25) is 0 Å². The molecule has 8 nitrogen and oxygen atoms in total. The van der Waals surface area contributed by atoms with Crippen molar-refractivity contribution in [2.45, 2.75) is 51.4 Å². The van der Waals surface area contributed by atoms with Crippen molar-refractivity contribution in [3.63, 3.8) is 0 Å². The number of carboxylic acids is 2. The van der Waals surface area contributed by atoms with Gasteiger partial charge in [0.1, 0.15) is 23.0 Å². The molecular weight excluding hydrogens is 777 g/mol. The van der Waals surface area contributed by atoms with Crippen LogP contribution in [0.5, 0.6) is 23.0 Å². The highest BCUT2D eigenvalue weighted by molar-refractivity contribution is 5.89. The molecule has 0 bridgehead atoms. The lowest BCUT2D eigenvalue weighted by Gasteiger charge is -2.14. The van der Waals surface area contributed by atoms with Gasteiger partial charge in [0.05, 0.1) is 39.6 Å². The Morgan fingerprint density at radius 2 is 1.02 bits per heavy atom. The van der Waals surface area contributed by atoms with E-state index >= 15 is 0 Å². The van der Waals surface area contributed by atoms with Gasteiger partial charge in [-0.25, -0.2) is 9.59 Å². The molecule has 0 saturated heterocycles. The lowest BCUT2D eigenvalue weighted by atomic mass is 9.91. The highest BCUT2D eigenvalue weighted by Crippen LogP contribution is 2.38. The van der Waals surface area contributed by atoms with E-state index in [-0.39, 0.29) is 0 Å². The molecular formula is C54H52O8. The van der Waals surface area contributed by atoms with Crippen LogP contribution in [0.1, 0.15) is 82.8 Å². The van der Waals surface area contributed by atoms with Crippen molar-refractivity contribution < 1.29 is 38.7 Å². The SMILES string of the molecule is COc1cc(C=C2CCc3cccc(CCc4ccc(C(=O)O)cc4)c32)cc(OC)c1.COc1cc(CC2=CCc3cccc(CCc4ccc(C(=O)O)cc4)c32)cc(OC)c1. The van der Waals surface area contributed by atoms with E-state index < -0.39 is 11.9 Å². The molecule has 0 spiro atoms. The normalized spacial score (nSPS) is 13.0. The zero-order valence-corrected chi connectivity index (χ0v) is 35.7. The minimum absolute atomic E-state index is 0.322. The minimum atomic E-state index is -0.892. The van der Waals surface area contributed by atoms with Crippen LogP contribution < -0.4 is 18.9 Å². The number of benzene rings is 6. The molecule has 0 radical (unpaired) electrons. The molecule has 0 saturated carbocycles. The molecule has 0 unspecified atom stereocenters. The number of ether oxygens (including phenoxy) is 4. The van der Waals surface area contributed by atoms with Crippen LogP contribution in [0.15, 0.2) is 127 Å². The van der Waals surface area contributed by atoms with E-state index in [2.05, 4.69) is 60.7 Å². The first-order valence-electron chi connectivity index (χ1n) is 20.9. The summed E-state index contributed by atoms with van der Waals surface area (Å²) in [6.07, 6.45) is 12.0. The maximum absolute atomic E-state index is 11.1. The second-order valence-corrected chi connectivity index (χ2v) is 15.6. The van der Waals surface area contributed by atoms with Crippen LogP contribution in [0.2, 0.25) is 0 Å². The Labute approximate surface area is 363 Å². The molecule has 6 aromatic carbocycles. The summed E-state index contributed by atoms with van der Waals surface area (Å²) in [6, 6.07) is 39.4. The number of rotatable bonds is 15. The highest BCUT2D eigenvalue weighted by atomic mass is 16.5. The molecule has 0 aliphatic heterocycles. The van der Waals surface area contributed by atoms with E-state index in [0.29, 0.717) is 11.1 Å². The van der Waals surface area contributed by atoms with Gasteiger partial charge in [0.15, 0.2) is 0 Å². The maximum atomic E-state index is 11.1. The van der Waals surface area contributed by atoms with Gasteiger partial charge in [0.25, 0.3) is 0 Å². The standard InChI is InChI=1S/2C27H26O4/c2*1-30-24-15-19(16-25(17-24)31-2)14-23-13-12-21-5-3-4-20(26(21)23)9-6-18-7-10-22(11-8-18)27(28)29/h3-5,7-8,10-11,14-17H,6,9,12-13H2,1-2H3,(H,28,29);3-5,7-8,10-11,13,15-17H,6,9,12,14H2,1-2H3,(H,28,29). The van der Waals surface area contributed by atoms with Gasteiger partial charge in [-0.1, -0.05) is 72.8 Å². The molecule has 8 heteroatoms. The van der Waals surface area contributed by atoms with E-state index in [0.717, 1.165) is 96.6 Å². The topological polar surface area (TPSA) is 112 Å². The van der Waals surface area contributed by atoms with Crippen molar-refractivity contribution >= 4 is 29.2 Å². The Kier molecular flexibility index (Phi) is 13.9. The maximum Gasteiger partial charge on any atom is 0.335 e. The fourth-order valence-corrected chi connectivity index (χ4v) is 8.45. The Morgan fingerprint density at radius 3 is 1.52 bits per heavy atom. The largest absolute Gasteiger partial charge is 0.497 e. The third-order valence-corrected chi connectivity index (χ3v) is 11.6. The Hall–Kier alpha value is -7.06. The van der Waals surface area contributed by atoms with Crippen LogP contribution in [-0.2, 0) is 44.9 Å². The molecule has 0 aromatic heterocycles. The van der Waals surface area contributed by atoms with Gasteiger partial charge in [0.2, 0.25) is 0 Å². The Morgan fingerprint density at radius 1 is 0.532 bits per heavy atom. The summed E-state index contributed by atoms with van der Waals surface area (Å²) in [7, 11) is 6.67. The van der Waals surface area contributed by atoms with Gasteiger partial charge < -0.3 is 29.2 Å².